The average Bonchev–Trinajstić information content (AvgIpc) is 2.06. The number of esters is 1. The molecule has 0 aliphatic carbocycles. The molecule has 0 aliphatic rings. The van der Waals surface area contributed by atoms with E-state index in [0.717, 1.165) is 6.42 Å². The van der Waals surface area contributed by atoms with Crippen molar-refractivity contribution in [1.82, 2.24) is 5.32 Å². The highest BCUT2D eigenvalue weighted by molar-refractivity contribution is 5.75. The Kier molecular flexibility index (Phi) is 6.70. The number of rotatable bonds is 6. The Hall–Kier alpha value is -0.610. The van der Waals surface area contributed by atoms with Crippen LogP contribution in [0.4, 0.5) is 0 Å². The van der Waals surface area contributed by atoms with Gasteiger partial charge in [0.25, 0.3) is 0 Å². The van der Waals surface area contributed by atoms with Crippen molar-refractivity contribution in [3.8, 4) is 0 Å². The summed E-state index contributed by atoms with van der Waals surface area (Å²) in [5, 5.41) is 3.00. The van der Waals surface area contributed by atoms with Gasteiger partial charge in [-0.15, -0.1) is 0 Å². The van der Waals surface area contributed by atoms with Crippen molar-refractivity contribution < 1.29 is 9.53 Å². The average molecular weight is 174 g/mol. The third-order valence-corrected chi connectivity index (χ3v) is 1.51. The van der Waals surface area contributed by atoms with Gasteiger partial charge in [0, 0.05) is 13.1 Å². The van der Waals surface area contributed by atoms with Gasteiger partial charge in [-0.2, -0.15) is 0 Å². The Morgan fingerprint density at radius 2 is 2.25 bits per heavy atom. The minimum Gasteiger partial charge on any atom is -0.465 e. The molecule has 0 fully saturated rings. The molecule has 1 unspecified atom stereocenters. The summed E-state index contributed by atoms with van der Waals surface area (Å²) in [6.07, 6.45) is 0.735. The molecule has 0 radical (unpaired) electrons. The van der Waals surface area contributed by atoms with E-state index < -0.39 is 0 Å². The van der Waals surface area contributed by atoms with Gasteiger partial charge in [0.05, 0.1) is 6.61 Å². The Morgan fingerprint density at radius 1 is 1.58 bits per heavy atom. The van der Waals surface area contributed by atoms with Crippen molar-refractivity contribution in [2.75, 3.05) is 19.7 Å². The first-order chi connectivity index (χ1) is 5.76. The van der Waals surface area contributed by atoms with Gasteiger partial charge in [0.1, 0.15) is 6.04 Å². The van der Waals surface area contributed by atoms with E-state index in [4.69, 9.17) is 10.5 Å². The summed E-state index contributed by atoms with van der Waals surface area (Å²) >= 11 is 0. The summed E-state index contributed by atoms with van der Waals surface area (Å²) in [5.41, 5.74) is 5.29. The second-order valence-corrected chi connectivity index (χ2v) is 2.46. The van der Waals surface area contributed by atoms with E-state index in [0.29, 0.717) is 19.7 Å². The van der Waals surface area contributed by atoms with Crippen LogP contribution in [0.5, 0.6) is 0 Å². The lowest BCUT2D eigenvalue weighted by atomic mass is 10.2. The first-order valence-electron chi connectivity index (χ1n) is 4.36. The summed E-state index contributed by atoms with van der Waals surface area (Å²) in [5.74, 6) is -0.187. The largest absolute Gasteiger partial charge is 0.465 e. The van der Waals surface area contributed by atoms with Crippen LogP contribution in [-0.4, -0.2) is 31.7 Å². The lowest BCUT2D eigenvalue weighted by Crippen LogP contribution is -2.40. The maximum absolute atomic E-state index is 11.2. The molecule has 0 aromatic carbocycles. The zero-order valence-electron chi connectivity index (χ0n) is 7.80. The molecule has 0 saturated heterocycles. The van der Waals surface area contributed by atoms with Crippen LogP contribution >= 0.6 is 0 Å². The molecule has 3 N–H and O–H groups in total. The van der Waals surface area contributed by atoms with E-state index in [1.165, 1.54) is 0 Å². The molecule has 0 bridgehead atoms. The molecule has 4 heteroatoms. The van der Waals surface area contributed by atoms with Crippen LogP contribution in [0, 0.1) is 0 Å². The number of hydrogen-bond acceptors (Lipinski definition) is 4. The lowest BCUT2D eigenvalue weighted by Gasteiger charge is -2.14. The Balaban J connectivity index is 3.71. The fourth-order valence-corrected chi connectivity index (χ4v) is 0.895. The molecule has 1 atom stereocenters. The quantitative estimate of drug-likeness (QED) is 0.551. The lowest BCUT2D eigenvalue weighted by molar-refractivity contribution is -0.145. The summed E-state index contributed by atoms with van der Waals surface area (Å²) in [7, 11) is 0. The molecule has 0 rings (SSSR count). The summed E-state index contributed by atoms with van der Waals surface area (Å²) in [6.45, 7) is 5.35. The number of carbonyl (C=O) groups excluding carboxylic acids is 1. The zero-order chi connectivity index (χ0) is 9.40. The van der Waals surface area contributed by atoms with Gasteiger partial charge in [0.2, 0.25) is 0 Å². The highest BCUT2D eigenvalue weighted by atomic mass is 16.5. The molecule has 0 heterocycles. The van der Waals surface area contributed by atoms with Crippen molar-refractivity contribution in [3.05, 3.63) is 0 Å². The molecule has 0 saturated carbocycles. The first-order valence-corrected chi connectivity index (χ1v) is 4.36. The van der Waals surface area contributed by atoms with Crippen LogP contribution in [0.2, 0.25) is 0 Å². The van der Waals surface area contributed by atoms with E-state index >= 15 is 0 Å². The van der Waals surface area contributed by atoms with Crippen LogP contribution in [0.15, 0.2) is 0 Å². The maximum atomic E-state index is 11.2. The van der Waals surface area contributed by atoms with E-state index in [1.54, 1.807) is 6.92 Å². The fraction of sp³-hybridized carbons (Fsp3) is 0.875. The van der Waals surface area contributed by atoms with Gasteiger partial charge in [0.15, 0.2) is 0 Å². The molecule has 0 spiro atoms. The van der Waals surface area contributed by atoms with Crippen molar-refractivity contribution in [2.24, 2.45) is 5.73 Å². The van der Waals surface area contributed by atoms with Gasteiger partial charge in [-0.3, -0.25) is 4.79 Å². The Bertz CT molecular complexity index is 128. The predicted molar refractivity (Wildman–Crippen MR) is 47.8 cm³/mol. The molecule has 4 nitrogen and oxygen atoms in total. The molecule has 0 aromatic rings. The standard InChI is InChI=1S/C8H18N2O2/c1-3-7(10-6-5-9)8(11)12-4-2/h7,10H,3-6,9H2,1-2H3. The Morgan fingerprint density at radius 3 is 2.67 bits per heavy atom. The smallest absolute Gasteiger partial charge is 0.323 e. The minimum atomic E-state index is -0.200. The summed E-state index contributed by atoms with van der Waals surface area (Å²) in [6, 6.07) is -0.200. The molecule has 12 heavy (non-hydrogen) atoms. The summed E-state index contributed by atoms with van der Waals surface area (Å²) < 4.78 is 4.85. The molecule has 0 amide bonds. The molecular weight excluding hydrogens is 156 g/mol. The highest BCUT2D eigenvalue weighted by Crippen LogP contribution is 1.93. The van der Waals surface area contributed by atoms with E-state index in [1.807, 2.05) is 6.92 Å². The minimum absolute atomic E-state index is 0.187. The molecule has 0 aliphatic heterocycles. The monoisotopic (exact) mass is 174 g/mol. The van der Waals surface area contributed by atoms with Crippen LogP contribution in [0.1, 0.15) is 20.3 Å². The number of nitrogens with two attached hydrogens (primary N) is 1. The number of carbonyl (C=O) groups is 1. The third kappa shape index (κ3) is 4.31. The SMILES string of the molecule is CCOC(=O)C(CC)NCCN. The molecule has 72 valence electrons. The maximum Gasteiger partial charge on any atom is 0.323 e. The number of ether oxygens (including phenoxy) is 1. The van der Waals surface area contributed by atoms with Crippen molar-refractivity contribution in [3.63, 3.8) is 0 Å². The Labute approximate surface area is 73.5 Å². The highest BCUT2D eigenvalue weighted by Gasteiger charge is 2.15. The number of nitrogens with one attached hydrogen (secondary N) is 1. The van der Waals surface area contributed by atoms with Crippen LogP contribution in [0.3, 0.4) is 0 Å². The van der Waals surface area contributed by atoms with E-state index in [2.05, 4.69) is 5.32 Å². The predicted octanol–water partition coefficient (Wildman–Crippen LogP) is -0.124. The second-order valence-electron chi connectivity index (χ2n) is 2.46. The fourth-order valence-electron chi connectivity index (χ4n) is 0.895. The van der Waals surface area contributed by atoms with Crippen molar-refractivity contribution in [1.29, 1.82) is 0 Å². The molecular formula is C8H18N2O2. The van der Waals surface area contributed by atoms with Gasteiger partial charge >= 0.3 is 5.97 Å². The van der Waals surface area contributed by atoms with Crippen LogP contribution in [-0.2, 0) is 9.53 Å². The molecule has 0 aromatic heterocycles. The van der Waals surface area contributed by atoms with Crippen LogP contribution in [0.25, 0.3) is 0 Å². The second kappa shape index (κ2) is 7.06. The van der Waals surface area contributed by atoms with Gasteiger partial charge < -0.3 is 15.8 Å². The van der Waals surface area contributed by atoms with Gasteiger partial charge in [-0.25, -0.2) is 0 Å². The normalized spacial score (nSPS) is 12.6. The topological polar surface area (TPSA) is 64.3 Å². The number of hydrogen-bond donors (Lipinski definition) is 2. The van der Waals surface area contributed by atoms with Gasteiger partial charge in [-0.1, -0.05) is 6.92 Å². The van der Waals surface area contributed by atoms with Crippen molar-refractivity contribution in [2.45, 2.75) is 26.3 Å². The van der Waals surface area contributed by atoms with Gasteiger partial charge in [-0.05, 0) is 13.3 Å². The summed E-state index contributed by atoms with van der Waals surface area (Å²) in [4.78, 5) is 11.2. The third-order valence-electron chi connectivity index (χ3n) is 1.51. The first kappa shape index (κ1) is 11.4. The van der Waals surface area contributed by atoms with Crippen molar-refractivity contribution >= 4 is 5.97 Å². The van der Waals surface area contributed by atoms with E-state index in [-0.39, 0.29) is 12.0 Å². The van der Waals surface area contributed by atoms with E-state index in [9.17, 15) is 4.79 Å². The van der Waals surface area contributed by atoms with Crippen LogP contribution < -0.4 is 11.1 Å². The zero-order valence-corrected chi connectivity index (χ0v) is 7.80.